The van der Waals surface area contributed by atoms with Crippen LogP contribution in [0.1, 0.15) is 0 Å². The number of allylic oxidation sites excluding steroid dienone is 6. The fourth-order valence-electron chi connectivity index (χ4n) is 1.54. The van der Waals surface area contributed by atoms with Gasteiger partial charge < -0.3 is 9.59 Å². The average Bonchev–Trinajstić information content (AvgIpc) is 2.61. The maximum Gasteiger partial charge on any atom is 0.106 e. The zero-order valence-corrected chi connectivity index (χ0v) is 18.2. The molecule has 0 amide bonds. The van der Waals surface area contributed by atoms with Gasteiger partial charge in [0, 0.05) is 16.5 Å². The normalized spacial score (nSPS) is 7.76. The summed E-state index contributed by atoms with van der Waals surface area (Å²) in [5.74, 6) is 0. The minimum absolute atomic E-state index is 0. The molecule has 0 saturated carbocycles. The van der Waals surface area contributed by atoms with Crippen molar-refractivity contribution in [3.63, 3.8) is 0 Å². The Morgan fingerprint density at radius 2 is 0.560 bits per heavy atom. The SMILES string of the molecule is C=CCP(CC=C)CC=C.C=CCP(CC=C)CC=C.C=O.C=O.[Ni]. The van der Waals surface area contributed by atoms with Crippen LogP contribution in [0.25, 0.3) is 0 Å². The van der Waals surface area contributed by atoms with Crippen molar-refractivity contribution >= 4 is 29.4 Å². The summed E-state index contributed by atoms with van der Waals surface area (Å²) in [5.41, 5.74) is 0. The van der Waals surface area contributed by atoms with Gasteiger partial charge in [-0.1, -0.05) is 52.3 Å². The number of rotatable bonds is 12. The summed E-state index contributed by atoms with van der Waals surface area (Å²) >= 11 is 0. The fraction of sp³-hybridized carbons (Fsp3) is 0.300. The van der Waals surface area contributed by atoms with E-state index in [1.54, 1.807) is 0 Å². The van der Waals surface area contributed by atoms with Gasteiger partial charge in [0.05, 0.1) is 0 Å². The van der Waals surface area contributed by atoms with E-state index in [9.17, 15) is 0 Å². The van der Waals surface area contributed by atoms with Crippen molar-refractivity contribution < 1.29 is 26.1 Å². The third kappa shape index (κ3) is 35.2. The summed E-state index contributed by atoms with van der Waals surface area (Å²) in [4.78, 5) is 16.0. The molecular formula is C20H34NiO2P2. The monoisotopic (exact) mass is 426 g/mol. The van der Waals surface area contributed by atoms with E-state index in [1.165, 1.54) is 0 Å². The van der Waals surface area contributed by atoms with Crippen LogP contribution in [0, 0.1) is 0 Å². The molecule has 0 aromatic rings. The Kier molecular flexibility index (Phi) is 54.5. The first-order chi connectivity index (χ1) is 11.7. The van der Waals surface area contributed by atoms with E-state index in [0.29, 0.717) is 0 Å². The van der Waals surface area contributed by atoms with Crippen molar-refractivity contribution in [1.29, 1.82) is 0 Å². The molecule has 2 nitrogen and oxygen atoms in total. The van der Waals surface area contributed by atoms with E-state index in [-0.39, 0.29) is 32.3 Å². The van der Waals surface area contributed by atoms with Crippen LogP contribution >= 0.6 is 15.8 Å². The smallest absolute Gasteiger partial charge is 0.106 e. The maximum atomic E-state index is 8.00. The quantitative estimate of drug-likeness (QED) is 0.228. The van der Waals surface area contributed by atoms with Crippen LogP contribution in [0.3, 0.4) is 0 Å². The van der Waals surface area contributed by atoms with Gasteiger partial charge in [0.1, 0.15) is 13.6 Å². The third-order valence-electron chi connectivity index (χ3n) is 2.32. The second-order valence-electron chi connectivity index (χ2n) is 4.17. The molecule has 0 radical (unpaired) electrons. The molecule has 0 bridgehead atoms. The van der Waals surface area contributed by atoms with Gasteiger partial charge >= 0.3 is 0 Å². The molecule has 0 fully saturated rings. The Hall–Kier alpha value is -0.866. The molecule has 0 aromatic carbocycles. The first kappa shape index (κ1) is 35.3. The summed E-state index contributed by atoms with van der Waals surface area (Å²) in [7, 11) is 0.170. The standard InChI is InChI=1S/2C9H15P.2CH2O.Ni/c2*1-4-7-10(8-5-2)9-6-3;2*1-2;/h2*4-6H,1-3,7-9H2;2*1H2;. The minimum Gasteiger partial charge on any atom is -0.307 e. The summed E-state index contributed by atoms with van der Waals surface area (Å²) in [6.07, 6.45) is 18.7. The van der Waals surface area contributed by atoms with Gasteiger partial charge in [-0.25, -0.2) is 0 Å². The predicted octanol–water partition coefficient (Wildman–Crippen LogP) is 5.68. The number of hydrogen-bond donors (Lipinski definition) is 0. The summed E-state index contributed by atoms with van der Waals surface area (Å²) in [5, 5.41) is 0. The van der Waals surface area contributed by atoms with Gasteiger partial charge in [0.15, 0.2) is 0 Å². The summed E-state index contributed by atoms with van der Waals surface area (Å²) < 4.78 is 0. The topological polar surface area (TPSA) is 34.1 Å². The van der Waals surface area contributed by atoms with Crippen LogP contribution in [0.5, 0.6) is 0 Å². The Labute approximate surface area is 168 Å². The predicted molar refractivity (Wildman–Crippen MR) is 118 cm³/mol. The average molecular weight is 427 g/mol. The minimum atomic E-state index is 0. The van der Waals surface area contributed by atoms with Gasteiger partial charge in [-0.05, 0) is 37.0 Å². The van der Waals surface area contributed by atoms with E-state index >= 15 is 0 Å². The van der Waals surface area contributed by atoms with E-state index in [4.69, 9.17) is 9.59 Å². The fourth-order valence-corrected chi connectivity index (χ4v) is 4.63. The molecule has 0 aromatic heterocycles. The molecule has 146 valence electrons. The number of carbonyl (C=O) groups excluding carboxylic acids is 2. The molecule has 0 N–H and O–H groups in total. The van der Waals surface area contributed by atoms with Crippen LogP contribution in [-0.4, -0.2) is 50.5 Å². The molecule has 0 aliphatic carbocycles. The van der Waals surface area contributed by atoms with Crippen molar-refractivity contribution in [1.82, 2.24) is 0 Å². The largest absolute Gasteiger partial charge is 0.307 e. The van der Waals surface area contributed by atoms with Crippen molar-refractivity contribution in [2.45, 2.75) is 0 Å². The first-order valence-corrected chi connectivity index (χ1v) is 11.2. The Bertz CT molecular complexity index is 254. The van der Waals surface area contributed by atoms with Gasteiger partial charge in [-0.3, -0.25) is 0 Å². The molecule has 0 spiro atoms. The maximum absolute atomic E-state index is 8.00. The molecule has 0 aliphatic rings. The molecule has 0 atom stereocenters. The second kappa shape index (κ2) is 38.6. The van der Waals surface area contributed by atoms with Crippen molar-refractivity contribution in [2.75, 3.05) is 37.0 Å². The molecule has 0 heterocycles. The Balaban J connectivity index is -0.0000000858. The van der Waals surface area contributed by atoms with Crippen LogP contribution in [0.4, 0.5) is 0 Å². The first-order valence-electron chi connectivity index (χ1n) is 7.37. The van der Waals surface area contributed by atoms with E-state index in [1.807, 2.05) is 50.0 Å². The summed E-state index contributed by atoms with van der Waals surface area (Å²) in [6.45, 7) is 26.3. The second-order valence-corrected chi connectivity index (χ2v) is 9.04. The van der Waals surface area contributed by atoms with Crippen LogP contribution in [-0.2, 0) is 26.1 Å². The van der Waals surface area contributed by atoms with Crippen LogP contribution in [0.15, 0.2) is 75.9 Å². The Morgan fingerprint density at radius 1 is 0.440 bits per heavy atom. The van der Waals surface area contributed by atoms with Crippen molar-refractivity contribution in [3.8, 4) is 0 Å². The molecule has 0 unspecified atom stereocenters. The van der Waals surface area contributed by atoms with E-state index in [0.717, 1.165) is 37.0 Å². The van der Waals surface area contributed by atoms with Gasteiger partial charge in [-0.15, -0.1) is 39.5 Å². The number of hydrogen-bond acceptors (Lipinski definition) is 2. The van der Waals surface area contributed by atoms with Crippen LogP contribution < -0.4 is 0 Å². The molecule has 0 aliphatic heterocycles. The molecule has 0 rings (SSSR count). The molecule has 25 heavy (non-hydrogen) atoms. The van der Waals surface area contributed by atoms with Crippen LogP contribution in [0.2, 0.25) is 0 Å². The number of carbonyl (C=O) groups is 2. The zero-order chi connectivity index (χ0) is 19.6. The molecule has 5 heteroatoms. The van der Waals surface area contributed by atoms with Crippen molar-refractivity contribution in [2.24, 2.45) is 0 Å². The van der Waals surface area contributed by atoms with Gasteiger partial charge in [-0.2, -0.15) is 0 Å². The van der Waals surface area contributed by atoms with E-state index < -0.39 is 0 Å². The Morgan fingerprint density at radius 3 is 0.640 bits per heavy atom. The molecule has 0 saturated heterocycles. The van der Waals surface area contributed by atoms with Gasteiger partial charge in [0.25, 0.3) is 0 Å². The van der Waals surface area contributed by atoms with E-state index in [2.05, 4.69) is 39.5 Å². The third-order valence-corrected chi connectivity index (χ3v) is 6.97. The summed E-state index contributed by atoms with van der Waals surface area (Å²) in [6, 6.07) is 0. The molecular weight excluding hydrogens is 393 g/mol. The van der Waals surface area contributed by atoms with Gasteiger partial charge in [0.2, 0.25) is 0 Å². The van der Waals surface area contributed by atoms with Crippen molar-refractivity contribution in [3.05, 3.63) is 75.9 Å². The zero-order valence-electron chi connectivity index (χ0n) is 15.4.